The van der Waals surface area contributed by atoms with Crippen LogP contribution in [0.5, 0.6) is 0 Å². The maximum atomic E-state index is 13.0. The number of nitrogens with one attached hydrogen (secondary N) is 1. The van der Waals surface area contributed by atoms with Crippen molar-refractivity contribution in [3.05, 3.63) is 102 Å². The van der Waals surface area contributed by atoms with Crippen LogP contribution >= 0.6 is 0 Å². The third kappa shape index (κ3) is 4.57. The first-order valence-electron chi connectivity index (χ1n) is 11.6. The number of hydrogen-bond donors (Lipinski definition) is 1. The summed E-state index contributed by atoms with van der Waals surface area (Å²) in [5, 5.41) is 12.8. The van der Waals surface area contributed by atoms with Crippen LogP contribution in [0.2, 0.25) is 0 Å². The Balaban J connectivity index is 1.26. The van der Waals surface area contributed by atoms with E-state index in [1.807, 2.05) is 53.2 Å². The van der Waals surface area contributed by atoms with E-state index in [0.29, 0.717) is 30.8 Å². The summed E-state index contributed by atoms with van der Waals surface area (Å²) in [6, 6.07) is 25.0. The normalized spacial score (nSPS) is 12.6. The van der Waals surface area contributed by atoms with Gasteiger partial charge in [0.05, 0.1) is 12.5 Å². The second-order valence-electron chi connectivity index (χ2n) is 8.44. The number of hydrogen-bond acceptors (Lipinski definition) is 3. The van der Waals surface area contributed by atoms with Crippen molar-refractivity contribution in [3.63, 3.8) is 0 Å². The van der Waals surface area contributed by atoms with Gasteiger partial charge in [-0.3, -0.25) is 9.59 Å². The number of anilines is 2. The summed E-state index contributed by atoms with van der Waals surface area (Å²) in [6.45, 7) is 1.28. The first kappa shape index (κ1) is 22.2. The van der Waals surface area contributed by atoms with Crippen molar-refractivity contribution in [2.75, 3.05) is 16.8 Å². The number of rotatable bonds is 6. The molecule has 3 aromatic carbocycles. The number of nitriles is 1. The van der Waals surface area contributed by atoms with Gasteiger partial charge in [0.25, 0.3) is 5.91 Å². The summed E-state index contributed by atoms with van der Waals surface area (Å²) >= 11 is 0. The molecule has 4 aromatic rings. The van der Waals surface area contributed by atoms with Gasteiger partial charge in [-0.1, -0.05) is 36.4 Å². The van der Waals surface area contributed by atoms with E-state index in [1.54, 1.807) is 35.2 Å². The third-order valence-corrected chi connectivity index (χ3v) is 6.23. The lowest BCUT2D eigenvalue weighted by Crippen LogP contribution is -2.28. The van der Waals surface area contributed by atoms with Gasteiger partial charge in [-0.05, 0) is 54.5 Å². The van der Waals surface area contributed by atoms with E-state index in [1.165, 1.54) is 11.6 Å². The summed E-state index contributed by atoms with van der Waals surface area (Å²) in [7, 11) is 0. The van der Waals surface area contributed by atoms with Gasteiger partial charge < -0.3 is 14.8 Å². The van der Waals surface area contributed by atoms with E-state index in [0.717, 1.165) is 28.6 Å². The molecule has 2 amide bonds. The molecule has 0 aliphatic carbocycles. The maximum absolute atomic E-state index is 13.0. The summed E-state index contributed by atoms with van der Waals surface area (Å²) < 4.78 is 2.03. The molecule has 6 nitrogen and oxygen atoms in total. The molecule has 1 N–H and O–H groups in total. The first-order valence-corrected chi connectivity index (χ1v) is 11.6. The summed E-state index contributed by atoms with van der Waals surface area (Å²) in [4.78, 5) is 27.3. The van der Waals surface area contributed by atoms with Gasteiger partial charge in [-0.15, -0.1) is 0 Å². The van der Waals surface area contributed by atoms with Gasteiger partial charge in [0.1, 0.15) is 0 Å². The van der Waals surface area contributed by atoms with E-state index in [4.69, 9.17) is 5.26 Å². The first-order chi connectivity index (χ1) is 17.1. The molecule has 2 heterocycles. The summed E-state index contributed by atoms with van der Waals surface area (Å²) in [5.41, 5.74) is 5.30. The molecule has 0 fully saturated rings. The van der Waals surface area contributed by atoms with Crippen molar-refractivity contribution >= 4 is 40.2 Å². The molecule has 5 rings (SSSR count). The minimum atomic E-state index is -0.258. The van der Waals surface area contributed by atoms with Gasteiger partial charge in [0.15, 0.2) is 0 Å². The highest BCUT2D eigenvalue weighted by atomic mass is 16.2. The minimum absolute atomic E-state index is 0.0412. The molecule has 0 atom stereocenters. The Kier molecular flexibility index (Phi) is 6.15. The number of aryl methyl sites for hydroxylation is 1. The molecule has 35 heavy (non-hydrogen) atoms. The number of aromatic nitrogens is 1. The topological polar surface area (TPSA) is 78.1 Å². The van der Waals surface area contributed by atoms with Crippen molar-refractivity contribution in [2.24, 2.45) is 0 Å². The molecule has 0 radical (unpaired) electrons. The highest BCUT2D eigenvalue weighted by Crippen LogP contribution is 2.29. The molecular weight excluding hydrogens is 436 g/mol. The number of carbonyl (C=O) groups excluding carboxylic acids is 2. The van der Waals surface area contributed by atoms with Crippen LogP contribution in [0.15, 0.2) is 85.1 Å². The fourth-order valence-electron chi connectivity index (χ4n) is 4.51. The van der Waals surface area contributed by atoms with E-state index < -0.39 is 0 Å². The number of carbonyl (C=O) groups is 2. The average Bonchev–Trinajstić information content (AvgIpc) is 3.48. The van der Waals surface area contributed by atoms with Crippen molar-refractivity contribution in [1.29, 1.82) is 5.26 Å². The second-order valence-corrected chi connectivity index (χ2v) is 8.44. The number of para-hydroxylation sites is 2. The maximum Gasteiger partial charge on any atom is 0.258 e. The van der Waals surface area contributed by atoms with Crippen LogP contribution in [0.1, 0.15) is 27.9 Å². The molecule has 0 saturated heterocycles. The van der Waals surface area contributed by atoms with E-state index in [2.05, 4.69) is 17.5 Å². The number of nitrogens with zero attached hydrogens (tertiary/aromatic N) is 3. The second kappa shape index (κ2) is 9.70. The predicted molar refractivity (Wildman–Crippen MR) is 138 cm³/mol. The van der Waals surface area contributed by atoms with Crippen LogP contribution in [0.25, 0.3) is 17.0 Å². The molecule has 1 aliphatic heterocycles. The van der Waals surface area contributed by atoms with Gasteiger partial charge in [-0.25, -0.2) is 0 Å². The lowest BCUT2D eigenvalue weighted by molar-refractivity contribution is -0.111. The molecule has 0 bridgehead atoms. The van der Waals surface area contributed by atoms with Crippen molar-refractivity contribution in [2.45, 2.75) is 19.4 Å². The summed E-state index contributed by atoms with van der Waals surface area (Å²) in [6.07, 6.45) is 6.52. The zero-order chi connectivity index (χ0) is 24.2. The molecule has 172 valence electrons. The molecule has 0 unspecified atom stereocenters. The lowest BCUT2D eigenvalue weighted by atomic mass is 10.1. The molecular formula is C29H24N4O2. The number of benzene rings is 3. The Hall–Kier alpha value is -4.63. The summed E-state index contributed by atoms with van der Waals surface area (Å²) in [5.74, 6) is -0.299. The predicted octanol–water partition coefficient (Wildman–Crippen LogP) is 5.41. The zero-order valence-corrected chi connectivity index (χ0v) is 19.1. The number of amides is 2. The van der Waals surface area contributed by atoms with Crippen LogP contribution in [-0.2, 0) is 17.8 Å². The fourth-order valence-corrected chi connectivity index (χ4v) is 4.51. The van der Waals surface area contributed by atoms with Crippen LogP contribution in [0, 0.1) is 11.3 Å². The average molecular weight is 461 g/mol. The SMILES string of the molecule is N#CCCn1cc(/C=C/C(=O)Nc2ccc(C(=O)N3CCc4ccccc43)cc2)c2ccccc21. The Morgan fingerprint density at radius 3 is 2.60 bits per heavy atom. The van der Waals surface area contributed by atoms with Gasteiger partial charge in [-0.2, -0.15) is 5.26 Å². The molecule has 0 saturated carbocycles. The van der Waals surface area contributed by atoms with Crippen molar-refractivity contribution in [1.82, 2.24) is 4.57 Å². The fraction of sp³-hybridized carbons (Fsp3) is 0.138. The standard InChI is InChI=1S/C29H24N4O2/c30-17-5-18-32-20-23(25-7-2-4-9-27(25)32)12-15-28(34)31-24-13-10-22(11-14-24)29(35)33-19-16-21-6-1-3-8-26(21)33/h1-4,6-15,20H,5,16,18-19H2,(H,31,34)/b15-12+. The van der Waals surface area contributed by atoms with Gasteiger partial charge in [0.2, 0.25) is 5.91 Å². The minimum Gasteiger partial charge on any atom is -0.346 e. The van der Waals surface area contributed by atoms with Gasteiger partial charge in [0, 0.05) is 58.8 Å². The monoisotopic (exact) mass is 460 g/mol. The van der Waals surface area contributed by atoms with Crippen LogP contribution < -0.4 is 10.2 Å². The zero-order valence-electron chi connectivity index (χ0n) is 19.1. The Bertz CT molecular complexity index is 1470. The lowest BCUT2D eigenvalue weighted by Gasteiger charge is -2.17. The largest absolute Gasteiger partial charge is 0.346 e. The van der Waals surface area contributed by atoms with Crippen LogP contribution in [0.4, 0.5) is 11.4 Å². The third-order valence-electron chi connectivity index (χ3n) is 6.23. The van der Waals surface area contributed by atoms with Crippen molar-refractivity contribution < 1.29 is 9.59 Å². The van der Waals surface area contributed by atoms with E-state index in [9.17, 15) is 9.59 Å². The smallest absolute Gasteiger partial charge is 0.258 e. The Labute approximate surface area is 203 Å². The van der Waals surface area contributed by atoms with Gasteiger partial charge >= 0.3 is 0 Å². The number of fused-ring (bicyclic) bond motifs is 2. The van der Waals surface area contributed by atoms with E-state index in [-0.39, 0.29) is 11.8 Å². The molecule has 0 spiro atoms. The Morgan fingerprint density at radius 1 is 1.00 bits per heavy atom. The molecule has 1 aromatic heterocycles. The van der Waals surface area contributed by atoms with Crippen LogP contribution in [-0.4, -0.2) is 22.9 Å². The highest BCUT2D eigenvalue weighted by Gasteiger charge is 2.24. The van der Waals surface area contributed by atoms with Crippen LogP contribution in [0.3, 0.4) is 0 Å². The molecule has 6 heteroatoms. The van der Waals surface area contributed by atoms with Crippen molar-refractivity contribution in [3.8, 4) is 6.07 Å². The quantitative estimate of drug-likeness (QED) is 0.391. The highest BCUT2D eigenvalue weighted by molar-refractivity contribution is 6.08. The Morgan fingerprint density at radius 2 is 1.77 bits per heavy atom. The van der Waals surface area contributed by atoms with E-state index >= 15 is 0 Å². The molecule has 1 aliphatic rings.